The maximum absolute atomic E-state index is 12.4. The van der Waals surface area contributed by atoms with Crippen molar-refractivity contribution >= 4 is 38.4 Å². The molecule has 0 radical (unpaired) electrons. The predicted molar refractivity (Wildman–Crippen MR) is 109 cm³/mol. The van der Waals surface area contributed by atoms with Crippen molar-refractivity contribution in [3.63, 3.8) is 0 Å². The largest absolute Gasteiger partial charge is 0.490 e. The lowest BCUT2D eigenvalue weighted by Gasteiger charge is -2.17. The van der Waals surface area contributed by atoms with Gasteiger partial charge in [0, 0.05) is 34.3 Å². The van der Waals surface area contributed by atoms with Crippen LogP contribution in [-0.2, 0) is 14.8 Å². The fourth-order valence-electron chi connectivity index (χ4n) is 2.33. The van der Waals surface area contributed by atoms with E-state index in [2.05, 4.69) is 14.7 Å². The monoisotopic (exact) mass is 479 g/mol. The summed E-state index contributed by atoms with van der Waals surface area (Å²) in [4.78, 5) is 17.2. The normalized spacial score (nSPS) is 12.5. The van der Waals surface area contributed by atoms with Crippen LogP contribution in [0.15, 0.2) is 34.7 Å². The minimum atomic E-state index is -5.08. The molecule has 3 aromatic rings. The van der Waals surface area contributed by atoms with E-state index in [1.54, 1.807) is 32.2 Å². The van der Waals surface area contributed by atoms with Crippen LogP contribution in [-0.4, -0.2) is 52.9 Å². The number of hydrogen-bond acceptors (Lipinski definition) is 6. The average molecular weight is 480 g/mol. The van der Waals surface area contributed by atoms with Gasteiger partial charge in [0.05, 0.1) is 5.60 Å². The number of aromatic nitrogens is 2. The molecule has 0 fully saturated rings. The van der Waals surface area contributed by atoms with Crippen LogP contribution in [0.4, 0.5) is 13.2 Å². The molecule has 0 aliphatic rings. The third-order valence-corrected chi connectivity index (χ3v) is 6.73. The number of nitrogens with zero attached hydrogens (tertiary/aromatic N) is 1. The molecule has 0 spiro atoms. The molecule has 0 aliphatic heterocycles. The highest BCUT2D eigenvalue weighted by molar-refractivity contribution is 7.91. The molecule has 3 heterocycles. The first kappa shape index (κ1) is 24.8. The standard InChI is InChI=1S/C16H19N3O3S2.C2HF3O2/c1-10-8-12-11(6-7-17-15(12)19-10)13-4-5-14(23-13)24(21,22)18-9-16(2,3)20;3-2(4,5)1(6)7/h4-8,18,20H,9H2,1-3H3,(H,17,19);(H,6,7). The van der Waals surface area contributed by atoms with E-state index in [1.165, 1.54) is 11.3 Å². The Labute approximate surface area is 179 Å². The SMILES string of the molecule is Cc1cc2c(-c3ccc(S(=O)(=O)NCC(C)(C)O)s3)ccnc2[nH]1.O=C(O)C(F)(F)F. The van der Waals surface area contributed by atoms with Crippen LogP contribution in [0.5, 0.6) is 0 Å². The molecule has 0 saturated heterocycles. The number of aliphatic hydroxyl groups is 1. The van der Waals surface area contributed by atoms with E-state index in [0.29, 0.717) is 0 Å². The second kappa shape index (κ2) is 8.94. The number of aryl methyl sites for hydroxylation is 1. The molecule has 0 unspecified atom stereocenters. The Morgan fingerprint density at radius 2 is 1.87 bits per heavy atom. The maximum Gasteiger partial charge on any atom is 0.490 e. The molecule has 170 valence electrons. The third kappa shape index (κ3) is 6.75. The van der Waals surface area contributed by atoms with Crippen molar-refractivity contribution in [2.24, 2.45) is 0 Å². The van der Waals surface area contributed by atoms with Crippen LogP contribution in [0.1, 0.15) is 19.5 Å². The number of H-pyrrole nitrogens is 1. The summed E-state index contributed by atoms with van der Waals surface area (Å²) in [6, 6.07) is 7.25. The van der Waals surface area contributed by atoms with E-state index in [9.17, 15) is 26.7 Å². The summed E-state index contributed by atoms with van der Waals surface area (Å²) < 4.78 is 59.1. The van der Waals surface area contributed by atoms with Gasteiger partial charge in [-0.05, 0) is 45.0 Å². The summed E-state index contributed by atoms with van der Waals surface area (Å²) in [5.41, 5.74) is 1.62. The van der Waals surface area contributed by atoms with Crippen molar-refractivity contribution in [3.05, 3.63) is 36.2 Å². The number of rotatable bonds is 5. The number of alkyl halides is 3. The van der Waals surface area contributed by atoms with Crippen LogP contribution >= 0.6 is 11.3 Å². The Morgan fingerprint density at radius 3 is 2.42 bits per heavy atom. The molecule has 13 heteroatoms. The van der Waals surface area contributed by atoms with Crippen molar-refractivity contribution in [1.82, 2.24) is 14.7 Å². The number of carbonyl (C=O) groups is 1. The lowest BCUT2D eigenvalue weighted by molar-refractivity contribution is -0.192. The highest BCUT2D eigenvalue weighted by Crippen LogP contribution is 2.34. The van der Waals surface area contributed by atoms with Gasteiger partial charge in [-0.25, -0.2) is 22.9 Å². The van der Waals surface area contributed by atoms with E-state index in [4.69, 9.17) is 9.90 Å². The van der Waals surface area contributed by atoms with E-state index in [0.717, 1.165) is 27.2 Å². The Bertz CT molecular complexity index is 1180. The molecule has 0 saturated carbocycles. The van der Waals surface area contributed by atoms with Crippen LogP contribution in [0, 0.1) is 6.92 Å². The van der Waals surface area contributed by atoms with Gasteiger partial charge in [-0.15, -0.1) is 11.3 Å². The van der Waals surface area contributed by atoms with Gasteiger partial charge in [0.1, 0.15) is 9.86 Å². The predicted octanol–water partition coefficient (Wildman–Crippen LogP) is 3.28. The first-order valence-electron chi connectivity index (χ1n) is 8.67. The average Bonchev–Trinajstić information content (AvgIpc) is 3.25. The zero-order valence-electron chi connectivity index (χ0n) is 16.6. The number of halogens is 3. The molecule has 0 bridgehead atoms. The lowest BCUT2D eigenvalue weighted by Crippen LogP contribution is -2.37. The number of carboxylic acids is 1. The third-order valence-electron chi connectivity index (χ3n) is 3.72. The molecule has 8 nitrogen and oxygen atoms in total. The molecule has 0 aliphatic carbocycles. The zero-order valence-corrected chi connectivity index (χ0v) is 18.2. The summed E-state index contributed by atoms with van der Waals surface area (Å²) in [7, 11) is -3.64. The second-order valence-electron chi connectivity index (χ2n) is 7.13. The molecule has 0 amide bonds. The van der Waals surface area contributed by atoms with Crippen molar-refractivity contribution in [3.8, 4) is 10.4 Å². The van der Waals surface area contributed by atoms with Crippen LogP contribution in [0.25, 0.3) is 21.5 Å². The number of pyridine rings is 1. The molecular weight excluding hydrogens is 459 g/mol. The van der Waals surface area contributed by atoms with Crippen molar-refractivity contribution in [1.29, 1.82) is 0 Å². The number of hydrogen-bond donors (Lipinski definition) is 4. The summed E-state index contributed by atoms with van der Waals surface area (Å²) >= 11 is 1.19. The van der Waals surface area contributed by atoms with E-state index in [-0.39, 0.29) is 10.8 Å². The first-order chi connectivity index (χ1) is 14.1. The molecule has 31 heavy (non-hydrogen) atoms. The van der Waals surface area contributed by atoms with Crippen LogP contribution in [0.2, 0.25) is 0 Å². The number of nitrogens with one attached hydrogen (secondary N) is 2. The van der Waals surface area contributed by atoms with Gasteiger partial charge in [-0.3, -0.25) is 0 Å². The molecule has 3 aromatic heterocycles. The molecule has 3 rings (SSSR count). The highest BCUT2D eigenvalue weighted by Gasteiger charge is 2.38. The van der Waals surface area contributed by atoms with Gasteiger partial charge in [0.15, 0.2) is 0 Å². The Hall–Kier alpha value is -2.48. The van der Waals surface area contributed by atoms with Gasteiger partial charge in [0.25, 0.3) is 0 Å². The van der Waals surface area contributed by atoms with Crippen molar-refractivity contribution in [2.45, 2.75) is 36.8 Å². The summed E-state index contributed by atoms with van der Waals surface area (Å²) in [5.74, 6) is -2.76. The minimum absolute atomic E-state index is 0.0426. The number of aliphatic carboxylic acids is 1. The number of thiophene rings is 1. The zero-order chi connectivity index (χ0) is 23.6. The first-order valence-corrected chi connectivity index (χ1v) is 11.0. The quantitative estimate of drug-likeness (QED) is 0.444. The smallest absolute Gasteiger partial charge is 0.475 e. The maximum atomic E-state index is 12.4. The summed E-state index contributed by atoms with van der Waals surface area (Å²) in [6.07, 6.45) is -3.38. The minimum Gasteiger partial charge on any atom is -0.475 e. The molecule has 4 N–H and O–H groups in total. The van der Waals surface area contributed by atoms with Crippen molar-refractivity contribution < 1.29 is 36.6 Å². The molecular formula is C18H20F3N3O5S2. The fourth-order valence-corrected chi connectivity index (χ4v) is 4.92. The topological polar surface area (TPSA) is 132 Å². The second-order valence-corrected chi connectivity index (χ2v) is 10.2. The van der Waals surface area contributed by atoms with E-state index < -0.39 is 27.8 Å². The van der Waals surface area contributed by atoms with Crippen molar-refractivity contribution in [2.75, 3.05) is 6.54 Å². The Morgan fingerprint density at radius 1 is 1.26 bits per heavy atom. The number of fused-ring (bicyclic) bond motifs is 1. The van der Waals surface area contributed by atoms with E-state index >= 15 is 0 Å². The van der Waals surface area contributed by atoms with E-state index in [1.807, 2.05) is 19.1 Å². The highest BCUT2D eigenvalue weighted by atomic mass is 32.2. The number of sulfonamides is 1. The summed E-state index contributed by atoms with van der Waals surface area (Å²) in [5, 5.41) is 17.8. The fraction of sp³-hybridized carbons (Fsp3) is 0.333. The Kier molecular flexibility index (Phi) is 7.15. The molecule has 0 atom stereocenters. The summed E-state index contributed by atoms with van der Waals surface area (Å²) in [6.45, 7) is 5.02. The lowest BCUT2D eigenvalue weighted by atomic mass is 10.1. The van der Waals surface area contributed by atoms with Crippen LogP contribution in [0.3, 0.4) is 0 Å². The van der Waals surface area contributed by atoms with Crippen LogP contribution < -0.4 is 4.72 Å². The van der Waals surface area contributed by atoms with Gasteiger partial charge >= 0.3 is 12.1 Å². The van der Waals surface area contributed by atoms with Gasteiger partial charge in [-0.1, -0.05) is 0 Å². The van der Waals surface area contributed by atoms with Gasteiger partial charge in [0.2, 0.25) is 10.0 Å². The van der Waals surface area contributed by atoms with Gasteiger partial charge < -0.3 is 15.2 Å². The van der Waals surface area contributed by atoms with Gasteiger partial charge in [-0.2, -0.15) is 13.2 Å². The number of carboxylic acid groups (broad SMARTS) is 1. The Balaban J connectivity index is 0.000000423. The number of aromatic amines is 1. The molecule has 0 aromatic carbocycles.